The van der Waals surface area contributed by atoms with Gasteiger partial charge in [0.15, 0.2) is 0 Å². The summed E-state index contributed by atoms with van der Waals surface area (Å²) in [6.45, 7) is 8.93. The molecule has 0 saturated heterocycles. The van der Waals surface area contributed by atoms with Gasteiger partial charge in [0.1, 0.15) is 6.61 Å². The average Bonchev–Trinajstić information content (AvgIpc) is 2.37. The van der Waals surface area contributed by atoms with Gasteiger partial charge in [-0.1, -0.05) is 12.7 Å². The van der Waals surface area contributed by atoms with Gasteiger partial charge in [-0.2, -0.15) is 0 Å². The van der Waals surface area contributed by atoms with Crippen LogP contribution in [0, 0.1) is 6.92 Å². The van der Waals surface area contributed by atoms with Crippen molar-refractivity contribution < 1.29 is 4.74 Å². The maximum atomic E-state index is 5.43. The highest BCUT2D eigenvalue weighted by Crippen LogP contribution is 2.29. The molecule has 1 heterocycles. The monoisotopic (exact) mass is 311 g/mol. The third-order valence-electron chi connectivity index (χ3n) is 2.34. The second kappa shape index (κ2) is 7.16. The van der Waals surface area contributed by atoms with Crippen LogP contribution in [0.15, 0.2) is 28.2 Å². The lowest BCUT2D eigenvalue weighted by Gasteiger charge is -2.10. The standard InChI is InChI=1S/C13H18BrN3O/c1-5-7-18-13-11(14)8-12(10(3)16-13)15-9-17(4)6-2/h5,8-9H,1,6-7H2,2-4H3/b15-9+. The van der Waals surface area contributed by atoms with E-state index in [2.05, 4.69) is 39.4 Å². The van der Waals surface area contributed by atoms with Gasteiger partial charge in [0, 0.05) is 13.6 Å². The zero-order chi connectivity index (χ0) is 13.5. The van der Waals surface area contributed by atoms with Crippen molar-refractivity contribution in [1.82, 2.24) is 9.88 Å². The molecule has 0 bridgehead atoms. The molecule has 4 nitrogen and oxygen atoms in total. The Hall–Kier alpha value is -1.36. The fraction of sp³-hybridized carbons (Fsp3) is 0.385. The predicted octanol–water partition coefficient (Wildman–Crippen LogP) is 3.33. The molecule has 0 aliphatic carbocycles. The van der Waals surface area contributed by atoms with Crippen molar-refractivity contribution in [3.63, 3.8) is 0 Å². The van der Waals surface area contributed by atoms with Crippen molar-refractivity contribution in [2.45, 2.75) is 13.8 Å². The fourth-order valence-corrected chi connectivity index (χ4v) is 1.58. The number of aromatic nitrogens is 1. The van der Waals surface area contributed by atoms with E-state index in [0.717, 1.165) is 22.4 Å². The Morgan fingerprint density at radius 2 is 2.33 bits per heavy atom. The summed E-state index contributed by atoms with van der Waals surface area (Å²) in [7, 11) is 1.98. The Kier molecular flexibility index (Phi) is 5.85. The van der Waals surface area contributed by atoms with Gasteiger partial charge in [-0.15, -0.1) is 0 Å². The number of aryl methyl sites for hydroxylation is 1. The molecular formula is C13H18BrN3O. The number of ether oxygens (including phenoxy) is 1. The minimum absolute atomic E-state index is 0.437. The molecule has 98 valence electrons. The van der Waals surface area contributed by atoms with Gasteiger partial charge >= 0.3 is 0 Å². The molecule has 0 atom stereocenters. The smallest absolute Gasteiger partial charge is 0.228 e. The van der Waals surface area contributed by atoms with Crippen LogP contribution in [0.1, 0.15) is 12.6 Å². The largest absolute Gasteiger partial charge is 0.473 e. The first-order valence-corrected chi connectivity index (χ1v) is 6.53. The topological polar surface area (TPSA) is 37.7 Å². The summed E-state index contributed by atoms with van der Waals surface area (Å²) in [4.78, 5) is 10.8. The highest BCUT2D eigenvalue weighted by Gasteiger charge is 2.07. The van der Waals surface area contributed by atoms with Crippen LogP contribution in [-0.4, -0.2) is 36.4 Å². The Bertz CT molecular complexity index is 446. The van der Waals surface area contributed by atoms with Crippen LogP contribution in [0.5, 0.6) is 5.88 Å². The van der Waals surface area contributed by atoms with Crippen molar-refractivity contribution >= 4 is 28.0 Å². The molecular weight excluding hydrogens is 294 g/mol. The summed E-state index contributed by atoms with van der Waals surface area (Å²) < 4.78 is 6.22. The van der Waals surface area contributed by atoms with Gasteiger partial charge in [-0.05, 0) is 35.8 Å². The molecule has 0 amide bonds. The van der Waals surface area contributed by atoms with Crippen LogP contribution in [0.3, 0.4) is 0 Å². The minimum Gasteiger partial charge on any atom is -0.473 e. The van der Waals surface area contributed by atoms with Crippen molar-refractivity contribution in [3.05, 3.63) is 28.9 Å². The molecule has 0 radical (unpaired) electrons. The van der Waals surface area contributed by atoms with Crippen molar-refractivity contribution in [2.75, 3.05) is 20.2 Å². The molecule has 1 aromatic rings. The molecule has 0 unspecified atom stereocenters. The van der Waals surface area contributed by atoms with Crippen LogP contribution >= 0.6 is 15.9 Å². The third kappa shape index (κ3) is 4.14. The van der Waals surface area contributed by atoms with Crippen LogP contribution < -0.4 is 4.74 Å². The van der Waals surface area contributed by atoms with Gasteiger partial charge in [0.2, 0.25) is 5.88 Å². The normalized spacial score (nSPS) is 10.7. The zero-order valence-corrected chi connectivity index (χ0v) is 12.6. The lowest BCUT2D eigenvalue weighted by molar-refractivity contribution is 0.345. The van der Waals surface area contributed by atoms with Crippen LogP contribution in [0.25, 0.3) is 0 Å². The van der Waals surface area contributed by atoms with E-state index >= 15 is 0 Å². The van der Waals surface area contributed by atoms with Crippen molar-refractivity contribution in [2.24, 2.45) is 4.99 Å². The van der Waals surface area contributed by atoms with Gasteiger partial charge in [-0.25, -0.2) is 9.98 Å². The lowest BCUT2D eigenvalue weighted by Crippen LogP contribution is -2.14. The van der Waals surface area contributed by atoms with E-state index in [0.29, 0.717) is 12.5 Å². The molecule has 0 N–H and O–H groups in total. The summed E-state index contributed by atoms with van der Waals surface area (Å²) in [5.74, 6) is 0.565. The zero-order valence-electron chi connectivity index (χ0n) is 11.0. The number of pyridine rings is 1. The van der Waals surface area contributed by atoms with E-state index in [4.69, 9.17) is 4.74 Å². The molecule has 0 saturated carbocycles. The first-order valence-electron chi connectivity index (χ1n) is 5.73. The van der Waals surface area contributed by atoms with Crippen LogP contribution in [0.4, 0.5) is 5.69 Å². The number of aliphatic imine (C=N–C) groups is 1. The number of nitrogens with zero attached hydrogens (tertiary/aromatic N) is 3. The molecule has 0 aliphatic heterocycles. The highest BCUT2D eigenvalue weighted by atomic mass is 79.9. The SMILES string of the molecule is C=CCOc1nc(C)c(/N=C/N(C)CC)cc1Br. The van der Waals surface area contributed by atoms with E-state index in [-0.39, 0.29) is 0 Å². The predicted molar refractivity (Wildman–Crippen MR) is 78.8 cm³/mol. The molecule has 18 heavy (non-hydrogen) atoms. The molecule has 0 aliphatic rings. The Morgan fingerprint density at radius 1 is 1.61 bits per heavy atom. The number of rotatable bonds is 6. The second-order valence-electron chi connectivity index (χ2n) is 3.80. The van der Waals surface area contributed by atoms with Crippen LogP contribution in [-0.2, 0) is 0 Å². The maximum absolute atomic E-state index is 5.43. The molecule has 0 spiro atoms. The highest BCUT2D eigenvalue weighted by molar-refractivity contribution is 9.10. The molecule has 1 aromatic heterocycles. The summed E-state index contributed by atoms with van der Waals surface area (Å²) in [6.07, 6.45) is 3.48. The van der Waals surface area contributed by atoms with E-state index in [1.54, 1.807) is 12.4 Å². The summed E-state index contributed by atoms with van der Waals surface area (Å²) in [5, 5.41) is 0. The van der Waals surface area contributed by atoms with E-state index in [9.17, 15) is 0 Å². The van der Waals surface area contributed by atoms with E-state index < -0.39 is 0 Å². The molecule has 5 heteroatoms. The fourth-order valence-electron chi connectivity index (χ4n) is 1.16. The lowest BCUT2D eigenvalue weighted by atomic mass is 10.3. The van der Waals surface area contributed by atoms with Crippen molar-refractivity contribution in [3.8, 4) is 5.88 Å². The molecule has 1 rings (SSSR count). The summed E-state index contributed by atoms with van der Waals surface area (Å²) >= 11 is 3.43. The van der Waals surface area contributed by atoms with Gasteiger partial charge in [0.05, 0.1) is 22.2 Å². The second-order valence-corrected chi connectivity index (χ2v) is 4.65. The number of hydrogen-bond acceptors (Lipinski definition) is 3. The molecule has 0 aromatic carbocycles. The average molecular weight is 312 g/mol. The number of hydrogen-bond donors (Lipinski definition) is 0. The number of halogens is 1. The Balaban J connectivity index is 2.92. The Morgan fingerprint density at radius 3 is 2.94 bits per heavy atom. The first-order chi connectivity index (χ1) is 8.58. The quantitative estimate of drug-likeness (QED) is 0.459. The van der Waals surface area contributed by atoms with E-state index in [1.165, 1.54) is 0 Å². The first kappa shape index (κ1) is 14.7. The van der Waals surface area contributed by atoms with E-state index in [1.807, 2.05) is 24.9 Å². The minimum atomic E-state index is 0.437. The van der Waals surface area contributed by atoms with Gasteiger partial charge < -0.3 is 9.64 Å². The summed E-state index contributed by atoms with van der Waals surface area (Å²) in [6, 6.07) is 1.90. The van der Waals surface area contributed by atoms with Crippen LogP contribution in [0.2, 0.25) is 0 Å². The Labute approximate surface area is 117 Å². The molecule has 0 fully saturated rings. The summed E-state index contributed by atoms with van der Waals surface area (Å²) in [5.41, 5.74) is 1.66. The third-order valence-corrected chi connectivity index (χ3v) is 2.91. The van der Waals surface area contributed by atoms with Gasteiger partial charge in [-0.3, -0.25) is 0 Å². The van der Waals surface area contributed by atoms with Crippen molar-refractivity contribution in [1.29, 1.82) is 0 Å². The van der Waals surface area contributed by atoms with Gasteiger partial charge in [0.25, 0.3) is 0 Å². The maximum Gasteiger partial charge on any atom is 0.228 e.